The zero-order valence-corrected chi connectivity index (χ0v) is 16.7. The topological polar surface area (TPSA) is 51.1 Å². The molecule has 0 atom stereocenters. The van der Waals surface area contributed by atoms with Gasteiger partial charge in [0.25, 0.3) is 5.82 Å². The second-order valence-corrected chi connectivity index (χ2v) is 6.78. The maximum absolute atomic E-state index is 5.58. The smallest absolute Gasteiger partial charge is 0.274 e. The van der Waals surface area contributed by atoms with Crippen LogP contribution in [0.3, 0.4) is 0 Å². The van der Waals surface area contributed by atoms with Gasteiger partial charge in [-0.2, -0.15) is 0 Å². The Morgan fingerprint density at radius 3 is 2.52 bits per heavy atom. The van der Waals surface area contributed by atoms with E-state index in [0.29, 0.717) is 0 Å². The Balaban J connectivity index is 1.44. The largest absolute Gasteiger partial charge is 0.493 e. The SMILES string of the molecule is COc1ccc(CCNC(=S)N2CCN(c3cccc[nH+]3)CC2)cc1OC. The molecular formula is C20H27N4O2S+. The number of benzene rings is 1. The van der Waals surface area contributed by atoms with Gasteiger partial charge in [0.2, 0.25) is 0 Å². The normalized spacial score (nSPS) is 14.0. The predicted octanol–water partition coefficient (Wildman–Crippen LogP) is 1.76. The molecule has 2 heterocycles. The second-order valence-electron chi connectivity index (χ2n) is 6.39. The fourth-order valence-electron chi connectivity index (χ4n) is 3.19. The van der Waals surface area contributed by atoms with E-state index in [4.69, 9.17) is 21.7 Å². The van der Waals surface area contributed by atoms with Crippen molar-refractivity contribution in [2.45, 2.75) is 6.42 Å². The molecule has 1 saturated heterocycles. The number of nitrogens with one attached hydrogen (secondary N) is 2. The molecule has 1 fully saturated rings. The Labute approximate surface area is 166 Å². The monoisotopic (exact) mass is 387 g/mol. The van der Waals surface area contributed by atoms with Crippen molar-refractivity contribution in [2.75, 3.05) is 51.8 Å². The fraction of sp³-hybridized carbons (Fsp3) is 0.400. The second kappa shape index (κ2) is 9.41. The Morgan fingerprint density at radius 1 is 1.07 bits per heavy atom. The van der Waals surface area contributed by atoms with Crippen LogP contribution < -0.4 is 24.7 Å². The van der Waals surface area contributed by atoms with Crippen molar-refractivity contribution in [3.8, 4) is 11.5 Å². The molecule has 1 aromatic heterocycles. The lowest BCUT2D eigenvalue weighted by atomic mass is 10.1. The molecule has 6 nitrogen and oxygen atoms in total. The minimum atomic E-state index is 0.748. The highest BCUT2D eigenvalue weighted by Gasteiger charge is 2.24. The van der Waals surface area contributed by atoms with Crippen LogP contribution in [0.4, 0.5) is 5.82 Å². The van der Waals surface area contributed by atoms with Gasteiger partial charge in [-0.05, 0) is 42.4 Å². The molecule has 1 aromatic carbocycles. The molecule has 1 aliphatic rings. The number of methoxy groups -OCH3 is 2. The maximum Gasteiger partial charge on any atom is 0.274 e. The first kappa shape index (κ1) is 19.2. The molecule has 144 valence electrons. The summed E-state index contributed by atoms with van der Waals surface area (Å²) in [6, 6.07) is 12.2. The van der Waals surface area contributed by atoms with Gasteiger partial charge in [-0.1, -0.05) is 12.1 Å². The van der Waals surface area contributed by atoms with Crippen molar-refractivity contribution < 1.29 is 14.5 Å². The van der Waals surface area contributed by atoms with Gasteiger partial charge in [-0.3, -0.25) is 4.90 Å². The number of rotatable bonds is 6. The third kappa shape index (κ3) is 5.01. The third-order valence-electron chi connectivity index (χ3n) is 4.74. The van der Waals surface area contributed by atoms with Gasteiger partial charge < -0.3 is 19.7 Å². The van der Waals surface area contributed by atoms with Crippen LogP contribution in [0, 0.1) is 0 Å². The van der Waals surface area contributed by atoms with Crippen LogP contribution in [0.15, 0.2) is 42.6 Å². The van der Waals surface area contributed by atoms with E-state index in [9.17, 15) is 0 Å². The summed E-state index contributed by atoms with van der Waals surface area (Å²) in [6.45, 7) is 4.55. The summed E-state index contributed by atoms with van der Waals surface area (Å²) in [5, 5.41) is 4.21. The zero-order valence-electron chi connectivity index (χ0n) is 15.9. The first-order valence-electron chi connectivity index (χ1n) is 9.16. The molecule has 7 heteroatoms. The van der Waals surface area contributed by atoms with Crippen LogP contribution in [0.2, 0.25) is 0 Å². The minimum Gasteiger partial charge on any atom is -0.493 e. The van der Waals surface area contributed by atoms with Gasteiger partial charge in [-0.25, -0.2) is 4.98 Å². The van der Waals surface area contributed by atoms with Crippen LogP contribution in [-0.2, 0) is 6.42 Å². The van der Waals surface area contributed by atoms with Crippen LogP contribution >= 0.6 is 12.2 Å². The van der Waals surface area contributed by atoms with E-state index in [-0.39, 0.29) is 0 Å². The molecule has 0 spiro atoms. The summed E-state index contributed by atoms with van der Waals surface area (Å²) in [7, 11) is 3.30. The van der Waals surface area contributed by atoms with Crippen molar-refractivity contribution in [3.05, 3.63) is 48.2 Å². The Kier molecular flexibility index (Phi) is 6.70. The predicted molar refractivity (Wildman–Crippen MR) is 111 cm³/mol. The fourth-order valence-corrected chi connectivity index (χ4v) is 3.48. The van der Waals surface area contributed by atoms with Crippen LogP contribution in [-0.4, -0.2) is 57.0 Å². The Bertz CT molecular complexity index is 749. The molecule has 2 aromatic rings. The Hall–Kier alpha value is -2.54. The minimum absolute atomic E-state index is 0.748. The van der Waals surface area contributed by atoms with Crippen molar-refractivity contribution in [1.29, 1.82) is 0 Å². The highest BCUT2D eigenvalue weighted by molar-refractivity contribution is 7.80. The van der Waals surface area contributed by atoms with Gasteiger partial charge in [-0.15, -0.1) is 0 Å². The molecule has 0 unspecified atom stereocenters. The molecule has 2 N–H and O–H groups in total. The number of aromatic nitrogens is 1. The van der Waals surface area contributed by atoms with Crippen LogP contribution in [0.5, 0.6) is 11.5 Å². The van der Waals surface area contributed by atoms with Gasteiger partial charge in [0.05, 0.1) is 33.5 Å². The quantitative estimate of drug-likeness (QED) is 0.763. The van der Waals surface area contributed by atoms with E-state index in [2.05, 4.69) is 38.3 Å². The van der Waals surface area contributed by atoms with E-state index in [1.54, 1.807) is 14.2 Å². The average Bonchev–Trinajstić information content (AvgIpc) is 2.74. The first-order chi connectivity index (χ1) is 13.2. The number of pyridine rings is 1. The van der Waals surface area contributed by atoms with E-state index in [1.165, 1.54) is 5.56 Å². The average molecular weight is 388 g/mol. The molecule has 0 amide bonds. The summed E-state index contributed by atoms with van der Waals surface area (Å²) in [5.74, 6) is 2.66. The van der Waals surface area contributed by atoms with Gasteiger partial charge in [0.15, 0.2) is 16.6 Å². The first-order valence-corrected chi connectivity index (χ1v) is 9.57. The van der Waals surface area contributed by atoms with E-state index < -0.39 is 0 Å². The van der Waals surface area contributed by atoms with Crippen molar-refractivity contribution in [2.24, 2.45) is 0 Å². The van der Waals surface area contributed by atoms with Crippen LogP contribution in [0.1, 0.15) is 5.56 Å². The van der Waals surface area contributed by atoms with Gasteiger partial charge in [0, 0.05) is 12.6 Å². The van der Waals surface area contributed by atoms with Crippen molar-refractivity contribution in [1.82, 2.24) is 10.2 Å². The number of anilines is 1. The lowest BCUT2D eigenvalue weighted by Crippen LogP contribution is -2.52. The van der Waals surface area contributed by atoms with Crippen LogP contribution in [0.25, 0.3) is 0 Å². The lowest BCUT2D eigenvalue weighted by molar-refractivity contribution is -0.364. The molecular weight excluding hydrogens is 360 g/mol. The lowest BCUT2D eigenvalue weighted by Gasteiger charge is -2.32. The summed E-state index contributed by atoms with van der Waals surface area (Å²) in [4.78, 5) is 7.88. The molecule has 27 heavy (non-hydrogen) atoms. The number of piperazine rings is 1. The molecule has 0 saturated carbocycles. The third-order valence-corrected chi connectivity index (χ3v) is 5.14. The molecule has 1 aliphatic heterocycles. The highest BCUT2D eigenvalue weighted by atomic mass is 32.1. The molecule has 0 radical (unpaired) electrons. The standard InChI is InChI=1S/C20H26N4O2S/c1-25-17-7-6-16(15-18(17)26-2)8-10-22-20(27)24-13-11-23(12-14-24)19-5-3-4-9-21-19/h3-7,9,15H,8,10-14H2,1-2H3,(H,22,27)/p+1. The van der Waals surface area contributed by atoms with E-state index in [1.807, 2.05) is 24.4 Å². The van der Waals surface area contributed by atoms with E-state index >= 15 is 0 Å². The van der Waals surface area contributed by atoms with Crippen molar-refractivity contribution >= 4 is 23.1 Å². The maximum atomic E-state index is 5.58. The van der Waals surface area contributed by atoms with Gasteiger partial charge >= 0.3 is 0 Å². The number of H-pyrrole nitrogens is 1. The number of hydrogen-bond donors (Lipinski definition) is 1. The van der Waals surface area contributed by atoms with Gasteiger partial charge in [0.1, 0.15) is 13.1 Å². The number of aromatic amines is 1. The number of nitrogens with zero attached hydrogens (tertiary/aromatic N) is 2. The van der Waals surface area contributed by atoms with E-state index in [0.717, 1.165) is 61.6 Å². The van der Waals surface area contributed by atoms with Crippen molar-refractivity contribution in [3.63, 3.8) is 0 Å². The number of thiocarbonyl (C=S) groups is 1. The molecule has 0 aliphatic carbocycles. The Morgan fingerprint density at radius 2 is 1.85 bits per heavy atom. The molecule has 3 rings (SSSR count). The summed E-state index contributed by atoms with van der Waals surface area (Å²) >= 11 is 5.58. The summed E-state index contributed by atoms with van der Waals surface area (Å²) in [6.07, 6.45) is 2.83. The summed E-state index contributed by atoms with van der Waals surface area (Å²) in [5.41, 5.74) is 1.19. The number of hydrogen-bond acceptors (Lipinski definition) is 4. The summed E-state index contributed by atoms with van der Waals surface area (Å²) < 4.78 is 10.6. The highest BCUT2D eigenvalue weighted by Crippen LogP contribution is 2.27. The zero-order chi connectivity index (χ0) is 19.1. The molecule has 0 bridgehead atoms. The number of ether oxygens (including phenoxy) is 2.